The van der Waals surface area contributed by atoms with E-state index >= 15 is 0 Å². The van der Waals surface area contributed by atoms with E-state index in [9.17, 15) is 0 Å². The summed E-state index contributed by atoms with van der Waals surface area (Å²) in [6, 6.07) is 0.551. The Balaban J connectivity index is 2.48. The van der Waals surface area contributed by atoms with E-state index in [1.54, 1.807) is 0 Å². The van der Waals surface area contributed by atoms with Crippen molar-refractivity contribution < 1.29 is 0 Å². The maximum absolute atomic E-state index is 3.84. The molecule has 0 aliphatic carbocycles. The molecule has 1 nitrogen and oxygen atoms in total. The number of likely N-dealkylation sites (tertiary alicyclic amines) is 1. The van der Waals surface area contributed by atoms with Crippen LogP contribution < -0.4 is 0 Å². The first-order valence-electron chi connectivity index (χ1n) is 5.00. The van der Waals surface area contributed by atoms with Crippen molar-refractivity contribution >= 4 is 0 Å². The van der Waals surface area contributed by atoms with Gasteiger partial charge in [0.1, 0.15) is 0 Å². The molecule has 0 N–H and O–H groups in total. The van der Waals surface area contributed by atoms with Gasteiger partial charge in [0, 0.05) is 19.1 Å². The molecule has 0 aromatic carbocycles. The molecule has 1 saturated heterocycles. The minimum atomic E-state index is 0.551. The van der Waals surface area contributed by atoms with Crippen LogP contribution >= 0.6 is 0 Å². The Morgan fingerprint density at radius 3 is 2.25 bits per heavy atom. The molecule has 3 unspecified atom stereocenters. The molecule has 0 bridgehead atoms. The standard InChI is InChI=1S/C11H21N/c1-5-11(4)12-7-9(2)6-10(3)8-12/h5,9-11H,1,6-8H2,2-4H3. The summed E-state index contributed by atoms with van der Waals surface area (Å²) < 4.78 is 0. The molecular weight excluding hydrogens is 146 g/mol. The van der Waals surface area contributed by atoms with Crippen molar-refractivity contribution in [3.05, 3.63) is 12.7 Å². The minimum Gasteiger partial charge on any atom is -0.297 e. The van der Waals surface area contributed by atoms with Gasteiger partial charge in [0.15, 0.2) is 0 Å². The molecule has 12 heavy (non-hydrogen) atoms. The summed E-state index contributed by atoms with van der Waals surface area (Å²) in [6.45, 7) is 13.3. The van der Waals surface area contributed by atoms with E-state index in [1.165, 1.54) is 19.5 Å². The minimum absolute atomic E-state index is 0.551. The zero-order chi connectivity index (χ0) is 9.14. The lowest BCUT2D eigenvalue weighted by atomic mass is 9.91. The number of nitrogens with zero attached hydrogens (tertiary/aromatic N) is 1. The summed E-state index contributed by atoms with van der Waals surface area (Å²) in [6.07, 6.45) is 3.44. The largest absolute Gasteiger partial charge is 0.297 e. The maximum Gasteiger partial charge on any atom is 0.0247 e. The van der Waals surface area contributed by atoms with E-state index in [4.69, 9.17) is 0 Å². The molecule has 0 saturated carbocycles. The number of hydrogen-bond donors (Lipinski definition) is 0. The summed E-state index contributed by atoms with van der Waals surface area (Å²) in [5, 5.41) is 0. The van der Waals surface area contributed by atoms with Crippen LogP contribution in [0.5, 0.6) is 0 Å². The zero-order valence-electron chi connectivity index (χ0n) is 8.59. The molecular formula is C11H21N. The molecule has 1 aliphatic rings. The van der Waals surface area contributed by atoms with E-state index in [0.717, 1.165) is 11.8 Å². The third kappa shape index (κ3) is 2.34. The Morgan fingerprint density at radius 2 is 1.83 bits per heavy atom. The summed E-state index contributed by atoms with van der Waals surface area (Å²) in [7, 11) is 0. The number of rotatable bonds is 2. The van der Waals surface area contributed by atoms with E-state index < -0.39 is 0 Å². The van der Waals surface area contributed by atoms with Crippen LogP contribution in [0.3, 0.4) is 0 Å². The van der Waals surface area contributed by atoms with Gasteiger partial charge >= 0.3 is 0 Å². The smallest absolute Gasteiger partial charge is 0.0247 e. The Labute approximate surface area is 76.5 Å². The number of hydrogen-bond acceptors (Lipinski definition) is 1. The van der Waals surface area contributed by atoms with Gasteiger partial charge in [0.2, 0.25) is 0 Å². The van der Waals surface area contributed by atoms with E-state index in [0.29, 0.717) is 6.04 Å². The van der Waals surface area contributed by atoms with Crippen LogP contribution in [-0.4, -0.2) is 24.0 Å². The van der Waals surface area contributed by atoms with E-state index in [-0.39, 0.29) is 0 Å². The van der Waals surface area contributed by atoms with Crippen molar-refractivity contribution in [3.63, 3.8) is 0 Å². The SMILES string of the molecule is C=CC(C)N1CC(C)CC(C)C1. The first-order valence-corrected chi connectivity index (χ1v) is 5.00. The van der Waals surface area contributed by atoms with Crippen molar-refractivity contribution in [3.8, 4) is 0 Å². The molecule has 70 valence electrons. The fourth-order valence-electron chi connectivity index (χ4n) is 2.19. The summed E-state index contributed by atoms with van der Waals surface area (Å²) >= 11 is 0. The van der Waals surface area contributed by atoms with Crippen LogP contribution in [0.25, 0.3) is 0 Å². The Hall–Kier alpha value is -0.300. The Kier molecular flexibility index (Phi) is 3.33. The first kappa shape index (κ1) is 9.79. The lowest BCUT2D eigenvalue weighted by Crippen LogP contribution is -2.42. The number of piperidine rings is 1. The van der Waals surface area contributed by atoms with Crippen LogP contribution in [0, 0.1) is 11.8 Å². The molecule has 1 heteroatoms. The van der Waals surface area contributed by atoms with Crippen LogP contribution in [0.15, 0.2) is 12.7 Å². The van der Waals surface area contributed by atoms with E-state index in [2.05, 4.69) is 32.3 Å². The topological polar surface area (TPSA) is 3.24 Å². The van der Waals surface area contributed by atoms with Crippen LogP contribution in [0.2, 0.25) is 0 Å². The lowest BCUT2D eigenvalue weighted by molar-refractivity contribution is 0.121. The van der Waals surface area contributed by atoms with Gasteiger partial charge in [-0.1, -0.05) is 19.9 Å². The molecule has 1 rings (SSSR count). The van der Waals surface area contributed by atoms with Gasteiger partial charge in [0.05, 0.1) is 0 Å². The lowest BCUT2D eigenvalue weighted by Gasteiger charge is -2.37. The second kappa shape index (κ2) is 4.08. The molecule has 1 heterocycles. The molecule has 0 amide bonds. The van der Waals surface area contributed by atoms with Crippen LogP contribution in [0.1, 0.15) is 27.2 Å². The average Bonchev–Trinajstić information content (AvgIpc) is 2.01. The first-order chi connectivity index (χ1) is 5.63. The molecule has 0 aromatic rings. The van der Waals surface area contributed by atoms with E-state index in [1.807, 2.05) is 6.08 Å². The highest BCUT2D eigenvalue weighted by Gasteiger charge is 2.23. The summed E-state index contributed by atoms with van der Waals surface area (Å²) in [5.41, 5.74) is 0. The average molecular weight is 167 g/mol. The normalized spacial score (nSPS) is 34.6. The molecule has 1 fully saturated rings. The van der Waals surface area contributed by atoms with Crippen molar-refractivity contribution in [1.29, 1.82) is 0 Å². The Morgan fingerprint density at radius 1 is 1.33 bits per heavy atom. The van der Waals surface area contributed by atoms with Gasteiger partial charge in [0.25, 0.3) is 0 Å². The second-order valence-corrected chi connectivity index (χ2v) is 4.38. The van der Waals surface area contributed by atoms with Crippen molar-refractivity contribution in [2.75, 3.05) is 13.1 Å². The maximum atomic E-state index is 3.84. The van der Waals surface area contributed by atoms with Gasteiger partial charge in [-0.05, 0) is 25.2 Å². The highest BCUT2D eigenvalue weighted by atomic mass is 15.2. The molecule has 0 aromatic heterocycles. The van der Waals surface area contributed by atoms with Crippen molar-refractivity contribution in [2.24, 2.45) is 11.8 Å². The van der Waals surface area contributed by atoms with Gasteiger partial charge in [-0.2, -0.15) is 0 Å². The van der Waals surface area contributed by atoms with Gasteiger partial charge in [-0.3, -0.25) is 4.90 Å². The highest BCUT2D eigenvalue weighted by molar-refractivity contribution is 4.87. The monoisotopic (exact) mass is 167 g/mol. The van der Waals surface area contributed by atoms with Gasteiger partial charge < -0.3 is 0 Å². The second-order valence-electron chi connectivity index (χ2n) is 4.38. The quantitative estimate of drug-likeness (QED) is 0.571. The van der Waals surface area contributed by atoms with Crippen LogP contribution in [-0.2, 0) is 0 Å². The summed E-state index contributed by atoms with van der Waals surface area (Å²) in [4.78, 5) is 2.53. The van der Waals surface area contributed by atoms with Crippen LogP contribution in [0.4, 0.5) is 0 Å². The highest BCUT2D eigenvalue weighted by Crippen LogP contribution is 2.22. The van der Waals surface area contributed by atoms with Gasteiger partial charge in [-0.15, -0.1) is 6.58 Å². The predicted octanol–water partition coefficient (Wildman–Crippen LogP) is 2.54. The molecule has 0 spiro atoms. The molecule has 1 aliphatic heterocycles. The molecule has 0 radical (unpaired) electrons. The van der Waals surface area contributed by atoms with Gasteiger partial charge in [-0.25, -0.2) is 0 Å². The van der Waals surface area contributed by atoms with Crippen molar-refractivity contribution in [2.45, 2.75) is 33.2 Å². The fourth-order valence-corrected chi connectivity index (χ4v) is 2.19. The fraction of sp³-hybridized carbons (Fsp3) is 0.818. The zero-order valence-corrected chi connectivity index (χ0v) is 8.59. The summed E-state index contributed by atoms with van der Waals surface area (Å²) in [5.74, 6) is 1.72. The Bertz CT molecular complexity index is 143. The predicted molar refractivity (Wildman–Crippen MR) is 54.2 cm³/mol. The van der Waals surface area contributed by atoms with Crippen molar-refractivity contribution in [1.82, 2.24) is 4.90 Å². The molecule has 3 atom stereocenters. The third-order valence-corrected chi connectivity index (χ3v) is 2.81. The third-order valence-electron chi connectivity index (χ3n) is 2.81.